The summed E-state index contributed by atoms with van der Waals surface area (Å²) in [6.45, 7) is 0. The molecule has 0 fully saturated rings. The number of aryl methyl sites for hydroxylation is 6. The molecule has 6 aromatic rings. The van der Waals surface area contributed by atoms with Crippen molar-refractivity contribution in [3.05, 3.63) is 106 Å². The van der Waals surface area contributed by atoms with Crippen molar-refractivity contribution >= 4 is 0 Å². The van der Waals surface area contributed by atoms with E-state index >= 15 is 0 Å². The molecule has 10 N–H and O–H groups in total. The van der Waals surface area contributed by atoms with Crippen LogP contribution in [-0.2, 0) is 38.5 Å². The standard InChI is InChI=1S/C42H34O14/c43-25-7-19-1-2-20-8-26(44)38(48)30(12-20)54-34-16-24-6-5-23-15-33(53-29(11-19)37(25)47)41(51)35(17-23)55-31-13-21(9-27(45)39(31)49)3-4-22-10-28(46)40(50)32(14-22)56-36(18-24)42(34)52/h7-18,43-52H,1-6H2. The number of hydrogen-bond acceptors (Lipinski definition) is 14. The molecule has 2 heterocycles. The fourth-order valence-corrected chi connectivity index (χ4v) is 6.70. The van der Waals surface area contributed by atoms with E-state index in [0.717, 1.165) is 0 Å². The Bertz CT molecular complexity index is 2220. The first kappa shape index (κ1) is 35.5. The lowest BCUT2D eigenvalue weighted by atomic mass is 10.0. The van der Waals surface area contributed by atoms with Gasteiger partial charge in [-0.2, -0.15) is 0 Å². The minimum absolute atomic E-state index is 0.175. The molecule has 0 aromatic heterocycles. The van der Waals surface area contributed by atoms with E-state index in [1.54, 1.807) is 0 Å². The van der Waals surface area contributed by atoms with Crippen molar-refractivity contribution in [3.63, 3.8) is 0 Å². The maximum Gasteiger partial charge on any atom is 0.202 e. The van der Waals surface area contributed by atoms with Gasteiger partial charge in [-0.1, -0.05) is 0 Å². The Balaban J connectivity index is 1.35. The molecule has 0 atom stereocenters. The van der Waals surface area contributed by atoms with Gasteiger partial charge in [0.15, 0.2) is 69.0 Å². The second-order valence-electron chi connectivity index (χ2n) is 13.6. The van der Waals surface area contributed by atoms with Crippen LogP contribution in [0.5, 0.6) is 103 Å². The SMILES string of the molecule is Oc1cc2cc(c1O)Oc1cc3cc(c1O)Oc1cc(cc(O)c1O)CCc1cc(O)c(O)c(c1)Oc1cc(cc(c1O)Oc1cc(cc(O)c1O)CC2)CC3. The van der Waals surface area contributed by atoms with E-state index in [2.05, 4.69) is 0 Å². The minimum Gasteiger partial charge on any atom is -0.504 e. The van der Waals surface area contributed by atoms with Gasteiger partial charge in [-0.25, -0.2) is 0 Å². The highest BCUT2D eigenvalue weighted by Gasteiger charge is 2.24. The summed E-state index contributed by atoms with van der Waals surface area (Å²) in [4.78, 5) is 0. The Labute approximate surface area is 317 Å². The summed E-state index contributed by atoms with van der Waals surface area (Å²) < 4.78 is 24.2. The molecule has 0 aliphatic carbocycles. The van der Waals surface area contributed by atoms with Gasteiger partial charge >= 0.3 is 0 Å². The van der Waals surface area contributed by atoms with Crippen molar-refractivity contribution in [2.24, 2.45) is 0 Å². The van der Waals surface area contributed by atoms with Gasteiger partial charge in [0.1, 0.15) is 0 Å². The lowest BCUT2D eigenvalue weighted by Crippen LogP contribution is -2.00. The van der Waals surface area contributed by atoms with Gasteiger partial charge < -0.3 is 70.0 Å². The zero-order valence-electron chi connectivity index (χ0n) is 29.3. The molecule has 0 radical (unpaired) electrons. The average molecular weight is 763 g/mol. The molecular formula is C42H34O14. The fraction of sp³-hybridized carbons (Fsp3) is 0.143. The largest absolute Gasteiger partial charge is 0.504 e. The monoisotopic (exact) mass is 762 g/mol. The predicted molar refractivity (Wildman–Crippen MR) is 198 cm³/mol. The first-order valence-electron chi connectivity index (χ1n) is 17.4. The third kappa shape index (κ3) is 6.75. The van der Waals surface area contributed by atoms with Gasteiger partial charge in [-0.3, -0.25) is 0 Å². The van der Waals surface area contributed by atoms with Crippen LogP contribution in [0.25, 0.3) is 0 Å². The molecule has 0 saturated heterocycles. The summed E-state index contributed by atoms with van der Waals surface area (Å²) in [6, 6.07) is 17.0. The van der Waals surface area contributed by atoms with Gasteiger partial charge in [0.25, 0.3) is 0 Å². The highest BCUT2D eigenvalue weighted by atomic mass is 16.5. The minimum atomic E-state index is -0.613. The fourth-order valence-electron chi connectivity index (χ4n) is 6.70. The number of fused-ring (bicyclic) bond motifs is 13. The summed E-state index contributed by atoms with van der Waals surface area (Å²) >= 11 is 0. The normalized spacial score (nSPS) is 13.5. The second kappa shape index (κ2) is 13.7. The second-order valence-corrected chi connectivity index (χ2v) is 13.6. The van der Waals surface area contributed by atoms with Crippen LogP contribution in [0, 0.1) is 0 Å². The lowest BCUT2D eigenvalue weighted by Gasteiger charge is -2.19. The molecule has 0 saturated carbocycles. The molecule has 0 amide bonds. The molecule has 0 spiro atoms. The van der Waals surface area contributed by atoms with E-state index in [9.17, 15) is 51.1 Å². The number of phenols is 10. The Morgan fingerprint density at radius 3 is 0.589 bits per heavy atom. The van der Waals surface area contributed by atoms with Crippen LogP contribution in [0.2, 0.25) is 0 Å². The summed E-state index contributed by atoms with van der Waals surface area (Å²) in [5.41, 5.74) is 2.87. The first-order chi connectivity index (χ1) is 26.8. The van der Waals surface area contributed by atoms with E-state index in [1.165, 1.54) is 72.8 Å². The Morgan fingerprint density at radius 2 is 0.393 bits per heavy atom. The number of aromatic hydroxyl groups is 10. The van der Waals surface area contributed by atoms with Crippen LogP contribution < -0.4 is 18.9 Å². The molecule has 14 bridgehead atoms. The van der Waals surface area contributed by atoms with Crippen molar-refractivity contribution < 1.29 is 70.0 Å². The third-order valence-electron chi connectivity index (χ3n) is 9.64. The Morgan fingerprint density at radius 1 is 0.232 bits per heavy atom. The molecule has 6 aromatic carbocycles. The molecule has 56 heavy (non-hydrogen) atoms. The van der Waals surface area contributed by atoms with Crippen molar-refractivity contribution in [2.45, 2.75) is 38.5 Å². The number of benzene rings is 6. The van der Waals surface area contributed by atoms with Gasteiger partial charge in [0.2, 0.25) is 34.5 Å². The quantitative estimate of drug-likeness (QED) is 0.0662. The highest BCUT2D eigenvalue weighted by molar-refractivity contribution is 5.63. The van der Waals surface area contributed by atoms with Crippen LogP contribution in [-0.4, -0.2) is 51.1 Å². The van der Waals surface area contributed by atoms with Crippen molar-refractivity contribution in [3.8, 4) is 103 Å². The first-order valence-corrected chi connectivity index (χ1v) is 17.4. The number of hydrogen-bond donors (Lipinski definition) is 10. The summed E-state index contributed by atoms with van der Waals surface area (Å²) in [7, 11) is 0. The van der Waals surface area contributed by atoms with Crippen molar-refractivity contribution in [1.82, 2.24) is 0 Å². The van der Waals surface area contributed by atoms with Crippen molar-refractivity contribution in [1.29, 1.82) is 0 Å². The maximum absolute atomic E-state index is 11.5. The molecule has 2 aliphatic rings. The van der Waals surface area contributed by atoms with Crippen LogP contribution in [0.1, 0.15) is 33.4 Å². The van der Waals surface area contributed by atoms with Gasteiger partial charge in [0.05, 0.1) is 0 Å². The topological polar surface area (TPSA) is 239 Å². The third-order valence-corrected chi connectivity index (χ3v) is 9.64. The van der Waals surface area contributed by atoms with Crippen molar-refractivity contribution in [2.75, 3.05) is 0 Å². The molecule has 8 rings (SSSR count). The Kier molecular flexibility index (Phi) is 8.72. The zero-order chi connectivity index (χ0) is 39.4. The number of ether oxygens (including phenoxy) is 4. The predicted octanol–water partition coefficient (Wildman–Crippen LogP) is 7.89. The summed E-state index contributed by atoms with van der Waals surface area (Å²) in [6.07, 6.45) is 1.19. The molecule has 14 nitrogen and oxygen atoms in total. The van der Waals surface area contributed by atoms with Crippen LogP contribution in [0.3, 0.4) is 0 Å². The van der Waals surface area contributed by atoms with Gasteiger partial charge in [-0.15, -0.1) is 0 Å². The number of rotatable bonds is 0. The van der Waals surface area contributed by atoms with Gasteiger partial charge in [-0.05, 0) is 145 Å². The average Bonchev–Trinajstić information content (AvgIpc) is 3.16. The lowest BCUT2D eigenvalue weighted by molar-refractivity contribution is 0.343. The Hall–Kier alpha value is -7.48. The van der Waals surface area contributed by atoms with E-state index < -0.39 is 57.5 Å². The highest BCUT2D eigenvalue weighted by Crippen LogP contribution is 2.51. The molecule has 0 unspecified atom stereocenters. The summed E-state index contributed by atoms with van der Waals surface area (Å²) in [5, 5.41) is 109. The van der Waals surface area contributed by atoms with Crippen LogP contribution >= 0.6 is 0 Å². The van der Waals surface area contributed by atoms with E-state index in [0.29, 0.717) is 33.4 Å². The van der Waals surface area contributed by atoms with Crippen LogP contribution in [0.4, 0.5) is 0 Å². The van der Waals surface area contributed by atoms with Crippen LogP contribution in [0.15, 0.2) is 72.8 Å². The van der Waals surface area contributed by atoms with E-state index in [4.69, 9.17) is 18.9 Å². The zero-order valence-corrected chi connectivity index (χ0v) is 29.3. The molecule has 2 aliphatic heterocycles. The van der Waals surface area contributed by atoms with E-state index in [-0.39, 0.29) is 84.5 Å². The maximum atomic E-state index is 11.5. The number of phenolic OH excluding ortho intramolecular Hbond substituents is 10. The molecule has 14 heteroatoms. The van der Waals surface area contributed by atoms with E-state index in [1.807, 2.05) is 0 Å². The smallest absolute Gasteiger partial charge is 0.202 e. The molecular weight excluding hydrogens is 728 g/mol. The molecule has 286 valence electrons. The van der Waals surface area contributed by atoms with Gasteiger partial charge in [0, 0.05) is 0 Å². The summed E-state index contributed by atoms with van der Waals surface area (Å²) in [5.74, 6) is -7.20.